The van der Waals surface area contributed by atoms with E-state index in [0.29, 0.717) is 6.42 Å². The first-order valence-corrected chi connectivity index (χ1v) is 8.16. The lowest BCUT2D eigenvalue weighted by Gasteiger charge is -2.28. The summed E-state index contributed by atoms with van der Waals surface area (Å²) in [6.07, 6.45) is 1.47. The summed E-state index contributed by atoms with van der Waals surface area (Å²) in [6, 6.07) is 18.5. The molecule has 116 valence electrons. The molecule has 2 aromatic rings. The summed E-state index contributed by atoms with van der Waals surface area (Å²) in [5, 5.41) is 6.98. The highest BCUT2D eigenvalue weighted by molar-refractivity contribution is 6.00. The van der Waals surface area contributed by atoms with Crippen molar-refractivity contribution in [2.24, 2.45) is 0 Å². The number of allylic oxidation sites excluding steroid dienone is 1. The highest BCUT2D eigenvalue weighted by Gasteiger charge is 2.33. The molecule has 0 bridgehead atoms. The van der Waals surface area contributed by atoms with Gasteiger partial charge in [-0.1, -0.05) is 42.5 Å². The third kappa shape index (κ3) is 2.52. The Balaban J connectivity index is 1.72. The number of para-hydroxylation sites is 2. The number of fused-ring (bicyclic) bond motifs is 1. The number of benzene rings is 2. The van der Waals surface area contributed by atoms with Gasteiger partial charge in [0.05, 0.1) is 17.4 Å². The van der Waals surface area contributed by atoms with Crippen molar-refractivity contribution in [1.29, 1.82) is 0 Å². The van der Waals surface area contributed by atoms with Crippen molar-refractivity contribution in [2.45, 2.75) is 31.7 Å². The zero-order chi connectivity index (χ0) is 15.8. The van der Waals surface area contributed by atoms with Crippen LogP contribution >= 0.6 is 0 Å². The van der Waals surface area contributed by atoms with Crippen LogP contribution in [0.25, 0.3) is 0 Å². The number of Topliss-reactive ketones (excluding diaryl/α,β-unsaturated/α-hetero) is 1. The Bertz CT molecular complexity index is 779. The van der Waals surface area contributed by atoms with Crippen LogP contribution in [0, 0.1) is 0 Å². The maximum atomic E-state index is 12.8. The molecule has 3 heteroatoms. The topological polar surface area (TPSA) is 41.1 Å². The van der Waals surface area contributed by atoms with Gasteiger partial charge in [0, 0.05) is 17.7 Å². The number of nitrogens with one attached hydrogen (secondary N) is 2. The number of carbonyl (C=O) groups excluding carboxylic acids is 1. The van der Waals surface area contributed by atoms with E-state index < -0.39 is 0 Å². The van der Waals surface area contributed by atoms with Crippen LogP contribution in [0.4, 0.5) is 11.4 Å². The van der Waals surface area contributed by atoms with Gasteiger partial charge in [0.25, 0.3) is 0 Å². The molecule has 0 saturated heterocycles. The lowest BCUT2D eigenvalue weighted by molar-refractivity contribution is -0.116. The number of anilines is 2. The smallest absolute Gasteiger partial charge is 0.163 e. The van der Waals surface area contributed by atoms with Crippen molar-refractivity contribution in [3.63, 3.8) is 0 Å². The van der Waals surface area contributed by atoms with Gasteiger partial charge in [-0.25, -0.2) is 0 Å². The normalized spacial score (nSPS) is 23.3. The van der Waals surface area contributed by atoms with E-state index in [1.165, 1.54) is 5.56 Å². The second-order valence-corrected chi connectivity index (χ2v) is 6.37. The van der Waals surface area contributed by atoms with Crippen molar-refractivity contribution < 1.29 is 4.79 Å². The SMILES string of the molecule is CC1Nc2ccccc2NC2=C1C(=O)CC(c1ccccc1)C2. The Hall–Kier alpha value is -2.55. The quantitative estimate of drug-likeness (QED) is 0.824. The minimum atomic E-state index is 0.0328. The minimum absolute atomic E-state index is 0.0328. The molecule has 1 aliphatic heterocycles. The fourth-order valence-electron chi connectivity index (χ4n) is 3.70. The van der Waals surface area contributed by atoms with Crippen molar-refractivity contribution in [1.82, 2.24) is 0 Å². The van der Waals surface area contributed by atoms with Crippen LogP contribution in [-0.4, -0.2) is 11.8 Å². The average Bonchev–Trinajstić information content (AvgIpc) is 2.71. The molecule has 3 nitrogen and oxygen atoms in total. The molecule has 0 aromatic heterocycles. The number of carbonyl (C=O) groups is 1. The molecule has 0 saturated carbocycles. The molecule has 1 aliphatic carbocycles. The van der Waals surface area contributed by atoms with Crippen LogP contribution in [0.3, 0.4) is 0 Å². The van der Waals surface area contributed by atoms with E-state index >= 15 is 0 Å². The van der Waals surface area contributed by atoms with E-state index in [-0.39, 0.29) is 17.7 Å². The Morgan fingerprint density at radius 1 is 0.913 bits per heavy atom. The third-order valence-electron chi connectivity index (χ3n) is 4.80. The lowest BCUT2D eigenvalue weighted by atomic mass is 9.80. The average molecular weight is 304 g/mol. The van der Waals surface area contributed by atoms with Gasteiger partial charge < -0.3 is 10.6 Å². The van der Waals surface area contributed by atoms with Crippen LogP contribution in [0.1, 0.15) is 31.2 Å². The molecule has 2 aromatic carbocycles. The van der Waals surface area contributed by atoms with Gasteiger partial charge in [-0.2, -0.15) is 0 Å². The Labute approximate surface area is 136 Å². The fourth-order valence-corrected chi connectivity index (χ4v) is 3.70. The number of ketones is 1. The van der Waals surface area contributed by atoms with E-state index in [1.54, 1.807) is 0 Å². The van der Waals surface area contributed by atoms with E-state index in [0.717, 1.165) is 29.1 Å². The standard InChI is InChI=1S/C20H20N2O/c1-13-20-18(22-17-10-6-5-9-16(17)21-13)11-15(12-19(20)23)14-7-3-2-4-8-14/h2-10,13,15,21-22H,11-12H2,1H3. The summed E-state index contributed by atoms with van der Waals surface area (Å²) < 4.78 is 0. The van der Waals surface area contributed by atoms with Crippen molar-refractivity contribution in [2.75, 3.05) is 10.6 Å². The molecule has 2 aliphatic rings. The summed E-state index contributed by atoms with van der Waals surface area (Å²) in [4.78, 5) is 12.8. The van der Waals surface area contributed by atoms with Gasteiger partial charge in [-0.3, -0.25) is 4.79 Å². The van der Waals surface area contributed by atoms with Crippen LogP contribution < -0.4 is 10.6 Å². The highest BCUT2D eigenvalue weighted by Crippen LogP contribution is 2.39. The maximum Gasteiger partial charge on any atom is 0.163 e. The fraction of sp³-hybridized carbons (Fsp3) is 0.250. The van der Waals surface area contributed by atoms with E-state index in [4.69, 9.17) is 0 Å². The minimum Gasteiger partial charge on any atom is -0.377 e. The second-order valence-electron chi connectivity index (χ2n) is 6.37. The van der Waals surface area contributed by atoms with Gasteiger partial charge in [-0.05, 0) is 37.0 Å². The Kier molecular flexibility index (Phi) is 3.41. The first kappa shape index (κ1) is 14.1. The number of hydrogen-bond donors (Lipinski definition) is 2. The molecule has 2 atom stereocenters. The first-order chi connectivity index (χ1) is 11.2. The maximum absolute atomic E-state index is 12.8. The van der Waals surface area contributed by atoms with Gasteiger partial charge in [0.1, 0.15) is 0 Å². The molecular formula is C20H20N2O. The monoisotopic (exact) mass is 304 g/mol. The Morgan fingerprint density at radius 3 is 2.39 bits per heavy atom. The third-order valence-corrected chi connectivity index (χ3v) is 4.80. The summed E-state index contributed by atoms with van der Waals surface area (Å²) >= 11 is 0. The van der Waals surface area contributed by atoms with Crippen LogP contribution in [0.2, 0.25) is 0 Å². The van der Waals surface area contributed by atoms with Crippen LogP contribution in [0.15, 0.2) is 65.9 Å². The number of hydrogen-bond acceptors (Lipinski definition) is 3. The van der Waals surface area contributed by atoms with Crippen molar-refractivity contribution >= 4 is 17.2 Å². The molecule has 23 heavy (non-hydrogen) atoms. The zero-order valence-corrected chi connectivity index (χ0v) is 13.2. The van der Waals surface area contributed by atoms with Crippen LogP contribution in [-0.2, 0) is 4.79 Å². The summed E-state index contributed by atoms with van der Waals surface area (Å²) in [5.74, 6) is 0.507. The van der Waals surface area contributed by atoms with Crippen molar-refractivity contribution in [3.05, 3.63) is 71.4 Å². The van der Waals surface area contributed by atoms with Crippen molar-refractivity contribution in [3.8, 4) is 0 Å². The molecule has 0 fully saturated rings. The molecule has 0 radical (unpaired) electrons. The van der Waals surface area contributed by atoms with Gasteiger partial charge in [0.15, 0.2) is 5.78 Å². The largest absolute Gasteiger partial charge is 0.377 e. The van der Waals surface area contributed by atoms with E-state index in [9.17, 15) is 4.79 Å². The lowest BCUT2D eigenvalue weighted by Crippen LogP contribution is -2.29. The Morgan fingerprint density at radius 2 is 1.61 bits per heavy atom. The van der Waals surface area contributed by atoms with Gasteiger partial charge >= 0.3 is 0 Å². The van der Waals surface area contributed by atoms with Crippen LogP contribution in [0.5, 0.6) is 0 Å². The number of rotatable bonds is 1. The summed E-state index contributed by atoms with van der Waals surface area (Å²) in [6.45, 7) is 2.07. The molecule has 2 N–H and O–H groups in total. The predicted molar refractivity (Wildman–Crippen MR) is 93.6 cm³/mol. The summed E-state index contributed by atoms with van der Waals surface area (Å²) in [5.41, 5.74) is 5.32. The molecular weight excluding hydrogens is 284 g/mol. The zero-order valence-electron chi connectivity index (χ0n) is 13.2. The molecule has 0 amide bonds. The molecule has 2 unspecified atom stereocenters. The van der Waals surface area contributed by atoms with E-state index in [1.807, 2.05) is 30.3 Å². The predicted octanol–water partition coefficient (Wildman–Crippen LogP) is 4.31. The van der Waals surface area contributed by atoms with Gasteiger partial charge in [-0.15, -0.1) is 0 Å². The molecule has 4 rings (SSSR count). The molecule has 0 spiro atoms. The van der Waals surface area contributed by atoms with Gasteiger partial charge in [0.2, 0.25) is 0 Å². The summed E-state index contributed by atoms with van der Waals surface area (Å²) in [7, 11) is 0. The first-order valence-electron chi connectivity index (χ1n) is 8.16. The second kappa shape index (κ2) is 5.58. The molecule has 1 heterocycles. The van der Waals surface area contributed by atoms with E-state index in [2.05, 4.69) is 41.8 Å². The highest BCUT2D eigenvalue weighted by atomic mass is 16.1.